The highest BCUT2D eigenvalue weighted by atomic mass is 32.2. The molecule has 0 spiro atoms. The molecule has 2 atom stereocenters. The summed E-state index contributed by atoms with van der Waals surface area (Å²) < 4.78 is 36.8. The first-order valence-corrected chi connectivity index (χ1v) is 13.7. The zero-order chi connectivity index (χ0) is 26.9. The van der Waals surface area contributed by atoms with Gasteiger partial charge in [0.1, 0.15) is 24.1 Å². The van der Waals surface area contributed by atoms with Crippen molar-refractivity contribution < 1.29 is 27.5 Å². The number of hydrogen-bond acceptors (Lipinski definition) is 6. The monoisotopic (exact) mass is 519 g/mol. The highest BCUT2D eigenvalue weighted by Crippen LogP contribution is 2.23. The van der Waals surface area contributed by atoms with Gasteiger partial charge in [-0.1, -0.05) is 26.0 Å². The van der Waals surface area contributed by atoms with E-state index in [0.29, 0.717) is 23.6 Å². The van der Waals surface area contributed by atoms with Crippen LogP contribution in [-0.4, -0.2) is 64.2 Å². The molecule has 0 aromatic heterocycles. The zero-order valence-electron chi connectivity index (χ0n) is 21.9. The molecule has 0 unspecified atom stereocenters. The Kier molecular flexibility index (Phi) is 10.6. The lowest BCUT2D eigenvalue weighted by Gasteiger charge is -2.33. The van der Waals surface area contributed by atoms with Crippen molar-refractivity contribution in [3.05, 3.63) is 54.1 Å². The third-order valence-electron chi connectivity index (χ3n) is 5.91. The van der Waals surface area contributed by atoms with E-state index in [-0.39, 0.29) is 18.5 Å². The molecule has 2 rings (SSSR count). The van der Waals surface area contributed by atoms with Gasteiger partial charge in [-0.2, -0.15) is 0 Å². The van der Waals surface area contributed by atoms with Gasteiger partial charge in [0, 0.05) is 12.6 Å². The molecule has 0 saturated heterocycles. The van der Waals surface area contributed by atoms with Crippen LogP contribution in [0.5, 0.6) is 11.5 Å². The molecule has 2 aromatic carbocycles. The van der Waals surface area contributed by atoms with Crippen molar-refractivity contribution in [2.75, 3.05) is 31.3 Å². The van der Waals surface area contributed by atoms with Crippen LogP contribution in [0.4, 0.5) is 5.69 Å². The predicted octanol–water partition coefficient (Wildman–Crippen LogP) is 3.19. The van der Waals surface area contributed by atoms with E-state index in [1.165, 1.54) is 12.0 Å². The summed E-state index contributed by atoms with van der Waals surface area (Å²) in [4.78, 5) is 28.3. The molecule has 0 aliphatic rings. The van der Waals surface area contributed by atoms with Crippen molar-refractivity contribution in [2.24, 2.45) is 0 Å². The van der Waals surface area contributed by atoms with Crippen LogP contribution in [0.25, 0.3) is 0 Å². The van der Waals surface area contributed by atoms with Crippen molar-refractivity contribution >= 4 is 27.5 Å². The Morgan fingerprint density at radius 2 is 1.61 bits per heavy atom. The Labute approximate surface area is 214 Å². The topological polar surface area (TPSA) is 105 Å². The number of hydrogen-bond donors (Lipinski definition) is 1. The highest BCUT2D eigenvalue weighted by molar-refractivity contribution is 7.92. The van der Waals surface area contributed by atoms with Gasteiger partial charge in [0.15, 0.2) is 0 Å². The molecular weight excluding hydrogens is 482 g/mol. The summed E-state index contributed by atoms with van der Waals surface area (Å²) in [5.41, 5.74) is 1.08. The first-order chi connectivity index (χ1) is 17.0. The molecule has 10 heteroatoms. The lowest BCUT2D eigenvalue weighted by molar-refractivity contribution is -0.140. The van der Waals surface area contributed by atoms with Crippen LogP contribution in [0.2, 0.25) is 0 Å². The van der Waals surface area contributed by atoms with Gasteiger partial charge in [-0.25, -0.2) is 8.42 Å². The molecule has 9 nitrogen and oxygen atoms in total. The molecule has 2 aromatic rings. The first kappa shape index (κ1) is 29.0. The van der Waals surface area contributed by atoms with Crippen molar-refractivity contribution in [2.45, 2.75) is 52.2 Å². The molecule has 198 valence electrons. The largest absolute Gasteiger partial charge is 0.497 e. The van der Waals surface area contributed by atoms with Crippen molar-refractivity contribution in [3.8, 4) is 11.5 Å². The number of nitrogens with zero attached hydrogens (tertiary/aromatic N) is 2. The van der Waals surface area contributed by atoms with Gasteiger partial charge in [0.2, 0.25) is 21.8 Å². The number of carbonyl (C=O) groups is 2. The molecule has 0 saturated carbocycles. The van der Waals surface area contributed by atoms with Crippen LogP contribution in [0.15, 0.2) is 48.5 Å². The average molecular weight is 520 g/mol. The van der Waals surface area contributed by atoms with Crippen molar-refractivity contribution in [1.29, 1.82) is 0 Å². The lowest BCUT2D eigenvalue weighted by Crippen LogP contribution is -2.53. The van der Waals surface area contributed by atoms with Gasteiger partial charge >= 0.3 is 0 Å². The summed E-state index contributed by atoms with van der Waals surface area (Å²) in [6.45, 7) is 5.34. The van der Waals surface area contributed by atoms with E-state index < -0.39 is 28.5 Å². The summed E-state index contributed by atoms with van der Waals surface area (Å²) in [6.07, 6.45) is 2.15. The van der Waals surface area contributed by atoms with Crippen LogP contribution >= 0.6 is 0 Å². The quantitative estimate of drug-likeness (QED) is 0.436. The Hall–Kier alpha value is -3.27. The van der Waals surface area contributed by atoms with Crippen LogP contribution in [0.1, 0.15) is 39.2 Å². The second-order valence-corrected chi connectivity index (χ2v) is 10.5. The molecule has 36 heavy (non-hydrogen) atoms. The van der Waals surface area contributed by atoms with Crippen LogP contribution in [0.3, 0.4) is 0 Å². The third kappa shape index (κ3) is 7.87. The summed E-state index contributed by atoms with van der Waals surface area (Å²) >= 11 is 0. The fourth-order valence-electron chi connectivity index (χ4n) is 3.69. The smallest absolute Gasteiger partial charge is 0.244 e. The molecule has 0 aliphatic heterocycles. The fraction of sp³-hybridized carbons (Fsp3) is 0.462. The lowest BCUT2D eigenvalue weighted by atomic mass is 10.1. The van der Waals surface area contributed by atoms with Crippen LogP contribution in [0, 0.1) is 0 Å². The van der Waals surface area contributed by atoms with Gasteiger partial charge in [0.25, 0.3) is 0 Å². The maximum absolute atomic E-state index is 13.7. The summed E-state index contributed by atoms with van der Waals surface area (Å²) in [5, 5.41) is 2.95. The van der Waals surface area contributed by atoms with Gasteiger partial charge in [0.05, 0.1) is 26.2 Å². The maximum Gasteiger partial charge on any atom is 0.244 e. The number of ether oxygens (including phenoxy) is 2. The van der Waals surface area contributed by atoms with E-state index in [1.807, 2.05) is 26.8 Å². The number of methoxy groups -OCH3 is 2. The molecule has 0 fully saturated rings. The standard InChI is InChI=1S/C26H37N3O6S/c1-7-19(3)27-26(31)24(8-2)28(17-20-10-9-11-23(16-20)35-5)25(30)18-29(36(6,32)33)21-12-14-22(34-4)15-13-21/h9-16,19,24H,7-8,17-18H2,1-6H3,(H,27,31)/t19-,24-/m0/s1. The molecule has 0 aliphatic carbocycles. The van der Waals surface area contributed by atoms with Crippen molar-refractivity contribution in [1.82, 2.24) is 10.2 Å². The average Bonchev–Trinajstić information content (AvgIpc) is 2.86. The Bertz CT molecular complexity index is 1120. The third-order valence-corrected chi connectivity index (χ3v) is 7.05. The molecule has 1 N–H and O–H groups in total. The highest BCUT2D eigenvalue weighted by Gasteiger charge is 2.32. The molecular formula is C26H37N3O6S. The maximum atomic E-state index is 13.7. The number of sulfonamides is 1. The fourth-order valence-corrected chi connectivity index (χ4v) is 4.54. The zero-order valence-corrected chi connectivity index (χ0v) is 22.7. The molecule has 2 amide bonds. The van der Waals surface area contributed by atoms with E-state index in [0.717, 1.165) is 22.5 Å². The molecule has 0 radical (unpaired) electrons. The van der Waals surface area contributed by atoms with Gasteiger partial charge in [-0.3, -0.25) is 13.9 Å². The number of nitrogens with one attached hydrogen (secondary N) is 1. The predicted molar refractivity (Wildman–Crippen MR) is 141 cm³/mol. The van der Waals surface area contributed by atoms with Crippen LogP contribution < -0.4 is 19.1 Å². The summed E-state index contributed by atoms with van der Waals surface area (Å²) in [5.74, 6) is 0.405. The van der Waals surface area contributed by atoms with E-state index in [9.17, 15) is 18.0 Å². The number of rotatable bonds is 13. The van der Waals surface area contributed by atoms with E-state index in [1.54, 1.807) is 49.6 Å². The second kappa shape index (κ2) is 13.2. The van der Waals surface area contributed by atoms with E-state index in [4.69, 9.17) is 9.47 Å². The number of amides is 2. The number of carbonyl (C=O) groups excluding carboxylic acids is 2. The minimum absolute atomic E-state index is 0.0628. The molecule has 0 bridgehead atoms. The van der Waals surface area contributed by atoms with Crippen molar-refractivity contribution in [3.63, 3.8) is 0 Å². The normalized spacial score (nSPS) is 12.8. The number of benzene rings is 2. The molecule has 0 heterocycles. The Balaban J connectivity index is 2.44. The minimum atomic E-state index is -3.80. The van der Waals surface area contributed by atoms with Crippen LogP contribution in [-0.2, 0) is 26.2 Å². The summed E-state index contributed by atoms with van der Waals surface area (Å²) in [7, 11) is -0.737. The second-order valence-electron chi connectivity index (χ2n) is 8.58. The van der Waals surface area contributed by atoms with Gasteiger partial charge < -0.3 is 19.7 Å². The Morgan fingerprint density at radius 1 is 0.972 bits per heavy atom. The SMILES string of the molecule is CC[C@H](C)NC(=O)[C@H](CC)N(Cc1cccc(OC)c1)C(=O)CN(c1ccc(OC)cc1)S(C)(=O)=O. The first-order valence-electron chi connectivity index (χ1n) is 11.9. The Morgan fingerprint density at radius 3 is 2.14 bits per heavy atom. The van der Waals surface area contributed by atoms with Gasteiger partial charge in [-0.05, 0) is 61.7 Å². The van der Waals surface area contributed by atoms with E-state index in [2.05, 4.69) is 5.32 Å². The minimum Gasteiger partial charge on any atom is -0.497 e. The summed E-state index contributed by atoms with van der Waals surface area (Å²) in [6, 6.07) is 12.8. The van der Waals surface area contributed by atoms with E-state index >= 15 is 0 Å². The van der Waals surface area contributed by atoms with Gasteiger partial charge in [-0.15, -0.1) is 0 Å². The number of anilines is 1.